The van der Waals surface area contributed by atoms with Crippen molar-refractivity contribution in [3.8, 4) is 0 Å². The fraction of sp³-hybridized carbons (Fsp3) is 0.350. The lowest BCUT2D eigenvalue weighted by atomic mass is 10.1. The molecule has 1 atom stereocenters. The summed E-state index contributed by atoms with van der Waals surface area (Å²) in [5.41, 5.74) is 10.1. The summed E-state index contributed by atoms with van der Waals surface area (Å²) >= 11 is 1.81. The third-order valence-corrected chi connectivity index (χ3v) is 5.46. The Labute approximate surface area is 161 Å². The van der Waals surface area contributed by atoms with Gasteiger partial charge in [-0.15, -0.1) is 24.2 Å². The minimum Gasteiger partial charge on any atom is -0.338 e. The molecule has 0 saturated heterocycles. The Hall–Kier alpha value is -1.49. The Morgan fingerprint density at radius 1 is 1.20 bits per heavy atom. The summed E-state index contributed by atoms with van der Waals surface area (Å²) in [5, 5.41) is 0. The SMILES string of the molecule is Cc1ccc(C)c(SCc2cccc(C(=O)N(C)C(C)CN)c2)c1.Cl. The van der Waals surface area contributed by atoms with Crippen LogP contribution in [0.15, 0.2) is 47.4 Å². The average molecular weight is 379 g/mol. The van der Waals surface area contributed by atoms with E-state index in [0.717, 1.165) is 16.9 Å². The lowest BCUT2D eigenvalue weighted by Gasteiger charge is -2.23. The smallest absolute Gasteiger partial charge is 0.253 e. The summed E-state index contributed by atoms with van der Waals surface area (Å²) in [6.45, 7) is 6.66. The molecule has 0 aliphatic rings. The van der Waals surface area contributed by atoms with Crippen LogP contribution >= 0.6 is 24.2 Å². The van der Waals surface area contributed by atoms with E-state index in [1.807, 2.05) is 36.9 Å². The first kappa shape index (κ1) is 21.6. The number of hydrogen-bond donors (Lipinski definition) is 1. The van der Waals surface area contributed by atoms with Crippen molar-refractivity contribution in [2.75, 3.05) is 13.6 Å². The fourth-order valence-corrected chi connectivity index (χ4v) is 3.45. The second-order valence-electron chi connectivity index (χ2n) is 6.26. The number of nitrogens with zero attached hydrogens (tertiary/aromatic N) is 1. The van der Waals surface area contributed by atoms with Gasteiger partial charge in [0, 0.05) is 35.8 Å². The first-order chi connectivity index (χ1) is 11.4. The second-order valence-corrected chi connectivity index (χ2v) is 7.28. The van der Waals surface area contributed by atoms with E-state index in [1.54, 1.807) is 11.9 Å². The number of carbonyl (C=O) groups is 1. The van der Waals surface area contributed by atoms with Crippen LogP contribution in [-0.2, 0) is 5.75 Å². The van der Waals surface area contributed by atoms with Crippen molar-refractivity contribution in [2.45, 2.75) is 37.5 Å². The van der Waals surface area contributed by atoms with E-state index < -0.39 is 0 Å². The molecule has 2 rings (SSSR count). The van der Waals surface area contributed by atoms with Gasteiger partial charge in [0.1, 0.15) is 0 Å². The third-order valence-electron chi connectivity index (χ3n) is 4.23. The summed E-state index contributed by atoms with van der Waals surface area (Å²) in [5.74, 6) is 0.869. The highest BCUT2D eigenvalue weighted by molar-refractivity contribution is 7.98. The Kier molecular flexibility index (Phi) is 8.50. The number of amides is 1. The zero-order chi connectivity index (χ0) is 17.7. The molecule has 0 bridgehead atoms. The van der Waals surface area contributed by atoms with Crippen LogP contribution in [0.1, 0.15) is 34.0 Å². The molecule has 2 N–H and O–H groups in total. The number of aryl methyl sites for hydroxylation is 2. The first-order valence-electron chi connectivity index (χ1n) is 8.18. The van der Waals surface area contributed by atoms with Crippen molar-refractivity contribution in [3.63, 3.8) is 0 Å². The minimum atomic E-state index is 0. The van der Waals surface area contributed by atoms with Crippen LogP contribution in [-0.4, -0.2) is 30.4 Å². The number of thioether (sulfide) groups is 1. The van der Waals surface area contributed by atoms with Crippen molar-refractivity contribution >= 4 is 30.1 Å². The molecule has 0 spiro atoms. The van der Waals surface area contributed by atoms with Gasteiger partial charge in [-0.25, -0.2) is 0 Å². The average Bonchev–Trinajstić information content (AvgIpc) is 2.60. The molecule has 1 amide bonds. The molecule has 2 aromatic rings. The van der Waals surface area contributed by atoms with Crippen molar-refractivity contribution in [2.24, 2.45) is 5.73 Å². The van der Waals surface area contributed by atoms with Gasteiger partial charge in [0.2, 0.25) is 0 Å². The van der Waals surface area contributed by atoms with E-state index >= 15 is 0 Å². The quantitative estimate of drug-likeness (QED) is 0.756. The molecule has 1 unspecified atom stereocenters. The monoisotopic (exact) mass is 378 g/mol. The van der Waals surface area contributed by atoms with E-state index in [-0.39, 0.29) is 24.4 Å². The summed E-state index contributed by atoms with van der Waals surface area (Å²) in [7, 11) is 1.80. The zero-order valence-corrected chi connectivity index (χ0v) is 16.9. The van der Waals surface area contributed by atoms with Crippen molar-refractivity contribution in [3.05, 3.63) is 64.7 Å². The fourth-order valence-electron chi connectivity index (χ4n) is 2.38. The maximum atomic E-state index is 12.5. The van der Waals surface area contributed by atoms with Crippen LogP contribution in [0.25, 0.3) is 0 Å². The normalized spacial score (nSPS) is 11.6. The van der Waals surface area contributed by atoms with E-state index in [0.29, 0.717) is 6.54 Å². The highest BCUT2D eigenvalue weighted by Crippen LogP contribution is 2.27. The van der Waals surface area contributed by atoms with Crippen LogP contribution in [0, 0.1) is 13.8 Å². The molecule has 0 aromatic heterocycles. The Morgan fingerprint density at radius 3 is 2.60 bits per heavy atom. The van der Waals surface area contributed by atoms with Crippen LogP contribution in [0.5, 0.6) is 0 Å². The molecule has 0 fully saturated rings. The predicted molar refractivity (Wildman–Crippen MR) is 110 cm³/mol. The number of rotatable bonds is 6. The van der Waals surface area contributed by atoms with Crippen LogP contribution < -0.4 is 5.73 Å². The molecule has 5 heteroatoms. The number of carbonyl (C=O) groups excluding carboxylic acids is 1. The van der Waals surface area contributed by atoms with E-state index in [1.165, 1.54) is 16.0 Å². The van der Waals surface area contributed by atoms with E-state index in [2.05, 4.69) is 38.1 Å². The maximum absolute atomic E-state index is 12.5. The lowest BCUT2D eigenvalue weighted by Crippen LogP contribution is -2.39. The number of halogens is 1. The molecule has 0 aliphatic heterocycles. The summed E-state index contributed by atoms with van der Waals surface area (Å²) in [4.78, 5) is 15.5. The summed E-state index contributed by atoms with van der Waals surface area (Å²) in [6, 6.07) is 14.4. The standard InChI is InChI=1S/C20H26N2OS.ClH/c1-14-8-9-15(2)19(10-14)24-13-17-6-5-7-18(11-17)20(23)22(4)16(3)12-21;/h5-11,16H,12-13,21H2,1-4H3;1H. The lowest BCUT2D eigenvalue weighted by molar-refractivity contribution is 0.0748. The van der Waals surface area contributed by atoms with Gasteiger partial charge in [-0.2, -0.15) is 0 Å². The number of benzene rings is 2. The van der Waals surface area contributed by atoms with Gasteiger partial charge in [-0.1, -0.05) is 29.8 Å². The van der Waals surface area contributed by atoms with Crippen molar-refractivity contribution < 1.29 is 4.79 Å². The highest BCUT2D eigenvalue weighted by atomic mass is 35.5. The largest absolute Gasteiger partial charge is 0.338 e. The van der Waals surface area contributed by atoms with Crippen LogP contribution in [0.2, 0.25) is 0 Å². The number of likely N-dealkylation sites (N-methyl/N-ethyl adjacent to an activating group) is 1. The maximum Gasteiger partial charge on any atom is 0.253 e. The molecule has 0 heterocycles. The van der Waals surface area contributed by atoms with Gasteiger partial charge >= 0.3 is 0 Å². The zero-order valence-electron chi connectivity index (χ0n) is 15.3. The Morgan fingerprint density at radius 2 is 1.92 bits per heavy atom. The van der Waals surface area contributed by atoms with E-state index in [9.17, 15) is 4.79 Å². The van der Waals surface area contributed by atoms with Crippen molar-refractivity contribution in [1.29, 1.82) is 0 Å². The number of nitrogens with two attached hydrogens (primary N) is 1. The Balaban J connectivity index is 0.00000312. The molecule has 0 saturated carbocycles. The van der Waals surface area contributed by atoms with Gasteiger partial charge in [0.25, 0.3) is 5.91 Å². The number of hydrogen-bond acceptors (Lipinski definition) is 3. The van der Waals surface area contributed by atoms with Gasteiger partial charge in [0.15, 0.2) is 0 Å². The molecule has 0 aliphatic carbocycles. The molecule has 0 radical (unpaired) electrons. The molecule has 2 aromatic carbocycles. The van der Waals surface area contributed by atoms with Gasteiger partial charge in [-0.3, -0.25) is 4.79 Å². The third kappa shape index (κ3) is 5.77. The van der Waals surface area contributed by atoms with Gasteiger partial charge < -0.3 is 10.6 Å². The molecule has 3 nitrogen and oxygen atoms in total. The molecule has 25 heavy (non-hydrogen) atoms. The molecule has 136 valence electrons. The van der Waals surface area contributed by atoms with Gasteiger partial charge in [0.05, 0.1) is 0 Å². The van der Waals surface area contributed by atoms with Gasteiger partial charge in [-0.05, 0) is 50.1 Å². The summed E-state index contributed by atoms with van der Waals surface area (Å²) < 4.78 is 0. The van der Waals surface area contributed by atoms with E-state index in [4.69, 9.17) is 5.73 Å². The summed E-state index contributed by atoms with van der Waals surface area (Å²) in [6.07, 6.45) is 0. The minimum absolute atomic E-state index is 0. The molecular formula is C20H27ClN2OS. The molecular weight excluding hydrogens is 352 g/mol. The highest BCUT2D eigenvalue weighted by Gasteiger charge is 2.16. The van der Waals surface area contributed by atoms with Crippen LogP contribution in [0.3, 0.4) is 0 Å². The Bertz CT molecular complexity index is 721. The topological polar surface area (TPSA) is 46.3 Å². The first-order valence-corrected chi connectivity index (χ1v) is 9.17. The van der Waals surface area contributed by atoms with Crippen molar-refractivity contribution in [1.82, 2.24) is 4.90 Å². The van der Waals surface area contributed by atoms with Crippen LogP contribution in [0.4, 0.5) is 0 Å². The predicted octanol–water partition coefficient (Wildman–Crippen LogP) is 4.44. The second kappa shape index (κ2) is 9.85.